The number of nitrogens with zero attached hydrogens (tertiary/aromatic N) is 2. The van der Waals surface area contributed by atoms with Crippen molar-refractivity contribution in [2.75, 3.05) is 5.88 Å². The van der Waals surface area contributed by atoms with Crippen LogP contribution >= 0.6 is 11.6 Å². The standard InChI is InChI=1S/C11H17ClN2/c1-10(4-3-8-12)5-6-11-7-9-13-14(11)2/h4,7,9H,3,5-6,8H2,1-2H3. The fourth-order valence-electron chi connectivity index (χ4n) is 1.37. The molecule has 2 nitrogen and oxygen atoms in total. The number of rotatable bonds is 5. The summed E-state index contributed by atoms with van der Waals surface area (Å²) in [4.78, 5) is 0. The highest BCUT2D eigenvalue weighted by Crippen LogP contribution is 2.08. The summed E-state index contributed by atoms with van der Waals surface area (Å²) in [6, 6.07) is 2.06. The van der Waals surface area contributed by atoms with Gasteiger partial charge in [-0.15, -0.1) is 11.6 Å². The number of aryl methyl sites for hydroxylation is 2. The maximum Gasteiger partial charge on any atom is 0.0492 e. The Labute approximate surface area is 90.6 Å². The van der Waals surface area contributed by atoms with Crippen LogP contribution in [0.1, 0.15) is 25.5 Å². The predicted molar refractivity (Wildman–Crippen MR) is 60.6 cm³/mol. The van der Waals surface area contributed by atoms with E-state index in [9.17, 15) is 0 Å². The molecule has 14 heavy (non-hydrogen) atoms. The van der Waals surface area contributed by atoms with Gasteiger partial charge in [0.2, 0.25) is 0 Å². The lowest BCUT2D eigenvalue weighted by Gasteiger charge is -2.02. The third kappa shape index (κ3) is 3.54. The van der Waals surface area contributed by atoms with Gasteiger partial charge in [-0.25, -0.2) is 0 Å². The van der Waals surface area contributed by atoms with Gasteiger partial charge >= 0.3 is 0 Å². The lowest BCUT2D eigenvalue weighted by atomic mass is 10.1. The van der Waals surface area contributed by atoms with E-state index in [1.54, 1.807) is 0 Å². The fraction of sp³-hybridized carbons (Fsp3) is 0.545. The molecule has 0 fully saturated rings. The number of hydrogen-bond acceptors (Lipinski definition) is 1. The van der Waals surface area contributed by atoms with Crippen molar-refractivity contribution >= 4 is 11.6 Å². The van der Waals surface area contributed by atoms with Crippen molar-refractivity contribution in [3.05, 3.63) is 29.6 Å². The summed E-state index contributed by atoms with van der Waals surface area (Å²) in [6.45, 7) is 2.16. The van der Waals surface area contributed by atoms with Crippen LogP contribution in [0.4, 0.5) is 0 Å². The van der Waals surface area contributed by atoms with Crippen molar-refractivity contribution in [1.82, 2.24) is 9.78 Å². The first-order valence-electron chi connectivity index (χ1n) is 4.92. The second kappa shape index (κ2) is 5.86. The molecule has 0 atom stereocenters. The smallest absolute Gasteiger partial charge is 0.0492 e. The highest BCUT2D eigenvalue weighted by molar-refractivity contribution is 6.17. The maximum absolute atomic E-state index is 5.61. The van der Waals surface area contributed by atoms with E-state index in [4.69, 9.17) is 11.6 Å². The van der Waals surface area contributed by atoms with E-state index in [0.717, 1.165) is 19.3 Å². The lowest BCUT2D eigenvalue weighted by molar-refractivity contribution is 0.701. The van der Waals surface area contributed by atoms with Crippen LogP contribution in [-0.2, 0) is 13.5 Å². The van der Waals surface area contributed by atoms with Crippen molar-refractivity contribution in [2.45, 2.75) is 26.2 Å². The van der Waals surface area contributed by atoms with E-state index in [1.165, 1.54) is 11.3 Å². The summed E-state index contributed by atoms with van der Waals surface area (Å²) < 4.78 is 1.93. The quantitative estimate of drug-likeness (QED) is 0.542. The third-order valence-corrected chi connectivity index (χ3v) is 2.52. The Morgan fingerprint density at radius 1 is 1.64 bits per heavy atom. The average molecular weight is 213 g/mol. The Morgan fingerprint density at radius 2 is 2.43 bits per heavy atom. The van der Waals surface area contributed by atoms with Crippen molar-refractivity contribution in [3.8, 4) is 0 Å². The van der Waals surface area contributed by atoms with Gasteiger partial charge in [-0.1, -0.05) is 11.6 Å². The van der Waals surface area contributed by atoms with Crippen molar-refractivity contribution < 1.29 is 0 Å². The zero-order chi connectivity index (χ0) is 10.4. The Kier molecular flexibility index (Phi) is 4.74. The second-order valence-electron chi connectivity index (χ2n) is 3.47. The van der Waals surface area contributed by atoms with Gasteiger partial charge in [0.15, 0.2) is 0 Å². The van der Waals surface area contributed by atoms with Crippen LogP contribution in [0.5, 0.6) is 0 Å². The molecule has 1 rings (SSSR count). The van der Waals surface area contributed by atoms with E-state index >= 15 is 0 Å². The topological polar surface area (TPSA) is 17.8 Å². The number of alkyl halides is 1. The second-order valence-corrected chi connectivity index (χ2v) is 3.85. The zero-order valence-corrected chi connectivity index (χ0v) is 9.59. The number of aromatic nitrogens is 2. The molecular formula is C11H17ClN2. The average Bonchev–Trinajstić information content (AvgIpc) is 2.58. The molecule has 0 N–H and O–H groups in total. The molecule has 0 bridgehead atoms. The highest BCUT2D eigenvalue weighted by atomic mass is 35.5. The van der Waals surface area contributed by atoms with Gasteiger partial charge < -0.3 is 0 Å². The van der Waals surface area contributed by atoms with Crippen LogP contribution < -0.4 is 0 Å². The Hall–Kier alpha value is -0.760. The van der Waals surface area contributed by atoms with Crippen LogP contribution in [0, 0.1) is 0 Å². The minimum Gasteiger partial charge on any atom is -0.273 e. The first-order valence-corrected chi connectivity index (χ1v) is 5.46. The molecule has 0 spiro atoms. The molecule has 1 heterocycles. The number of allylic oxidation sites excluding steroid dienone is 2. The molecule has 0 radical (unpaired) electrons. The lowest BCUT2D eigenvalue weighted by Crippen LogP contribution is -1.98. The van der Waals surface area contributed by atoms with Crippen LogP contribution in [0.3, 0.4) is 0 Å². The monoisotopic (exact) mass is 212 g/mol. The Balaban J connectivity index is 2.37. The summed E-state index contributed by atoms with van der Waals surface area (Å²) in [5.74, 6) is 0.711. The number of halogens is 1. The molecule has 0 aliphatic heterocycles. The van der Waals surface area contributed by atoms with Gasteiger partial charge in [0.05, 0.1) is 0 Å². The zero-order valence-electron chi connectivity index (χ0n) is 8.83. The largest absolute Gasteiger partial charge is 0.273 e. The Morgan fingerprint density at radius 3 is 3.00 bits per heavy atom. The van der Waals surface area contributed by atoms with Gasteiger partial charge in [-0.3, -0.25) is 4.68 Å². The maximum atomic E-state index is 5.61. The van der Waals surface area contributed by atoms with Gasteiger partial charge in [-0.05, 0) is 32.3 Å². The molecule has 1 aromatic heterocycles. The van der Waals surface area contributed by atoms with Crippen LogP contribution in [0.25, 0.3) is 0 Å². The minimum atomic E-state index is 0.711. The van der Waals surface area contributed by atoms with Gasteiger partial charge in [-0.2, -0.15) is 5.10 Å². The summed E-state index contributed by atoms with van der Waals surface area (Å²) in [5.41, 5.74) is 2.69. The van der Waals surface area contributed by atoms with E-state index in [1.807, 2.05) is 17.9 Å². The first kappa shape index (κ1) is 11.3. The summed E-state index contributed by atoms with van der Waals surface area (Å²) in [7, 11) is 1.98. The molecule has 0 saturated heterocycles. The van der Waals surface area contributed by atoms with Crippen molar-refractivity contribution in [3.63, 3.8) is 0 Å². The fourth-order valence-corrected chi connectivity index (χ4v) is 1.48. The molecule has 78 valence electrons. The van der Waals surface area contributed by atoms with Crippen LogP contribution in [-0.4, -0.2) is 15.7 Å². The number of hydrogen-bond donors (Lipinski definition) is 0. The minimum absolute atomic E-state index is 0.711. The molecular weight excluding hydrogens is 196 g/mol. The first-order chi connectivity index (χ1) is 6.74. The van der Waals surface area contributed by atoms with Gasteiger partial charge in [0.1, 0.15) is 0 Å². The predicted octanol–water partition coefficient (Wildman–Crippen LogP) is 2.93. The van der Waals surface area contributed by atoms with E-state index in [0.29, 0.717) is 5.88 Å². The van der Waals surface area contributed by atoms with Crippen molar-refractivity contribution in [2.24, 2.45) is 7.05 Å². The molecule has 0 aromatic carbocycles. The van der Waals surface area contributed by atoms with Crippen LogP contribution in [0.2, 0.25) is 0 Å². The normalized spacial score (nSPS) is 12.1. The van der Waals surface area contributed by atoms with Gasteiger partial charge in [0, 0.05) is 24.8 Å². The van der Waals surface area contributed by atoms with E-state index in [2.05, 4.69) is 24.2 Å². The SMILES string of the molecule is CC(=CCCCl)CCc1ccnn1C. The van der Waals surface area contributed by atoms with Crippen molar-refractivity contribution in [1.29, 1.82) is 0 Å². The molecule has 1 aromatic rings. The molecule has 0 unspecified atom stereocenters. The highest BCUT2D eigenvalue weighted by Gasteiger charge is 1.98. The molecule has 0 saturated carbocycles. The molecule has 3 heteroatoms. The van der Waals surface area contributed by atoms with E-state index in [-0.39, 0.29) is 0 Å². The summed E-state index contributed by atoms with van der Waals surface area (Å²) in [5, 5.41) is 4.13. The Bertz CT molecular complexity index is 302. The van der Waals surface area contributed by atoms with E-state index < -0.39 is 0 Å². The van der Waals surface area contributed by atoms with Gasteiger partial charge in [0.25, 0.3) is 0 Å². The summed E-state index contributed by atoms with van der Waals surface area (Å²) >= 11 is 5.61. The summed E-state index contributed by atoms with van der Waals surface area (Å²) in [6.07, 6.45) is 7.17. The third-order valence-electron chi connectivity index (χ3n) is 2.30. The molecule has 0 aliphatic carbocycles. The van der Waals surface area contributed by atoms with Crippen LogP contribution in [0.15, 0.2) is 23.9 Å². The molecule has 0 amide bonds. The molecule has 0 aliphatic rings.